The molecule has 1 heterocycles. The minimum Gasteiger partial charge on any atom is -0.484 e. The Morgan fingerprint density at radius 1 is 1.27 bits per heavy atom. The first-order valence-electron chi connectivity index (χ1n) is 6.78. The molecule has 114 valence electrons. The van der Waals surface area contributed by atoms with Crippen LogP contribution in [0.5, 0.6) is 5.75 Å². The van der Waals surface area contributed by atoms with Crippen molar-refractivity contribution in [2.75, 3.05) is 6.61 Å². The Morgan fingerprint density at radius 2 is 2.00 bits per heavy atom. The lowest BCUT2D eigenvalue weighted by Gasteiger charge is -2.14. The zero-order valence-electron chi connectivity index (χ0n) is 12.2. The summed E-state index contributed by atoms with van der Waals surface area (Å²) in [4.78, 5) is 26.9. The highest BCUT2D eigenvalue weighted by Gasteiger charge is 2.12. The van der Waals surface area contributed by atoms with Gasteiger partial charge < -0.3 is 15.8 Å². The third kappa shape index (κ3) is 4.31. The second-order valence-corrected chi connectivity index (χ2v) is 4.76. The standard InChI is InChI=1S/C16H17N3O3/c1-11(12-5-7-18-8-6-12)19-16(21)13-3-2-4-14(9-13)22-10-15(17)20/h2-9,11H,10H2,1H3,(H2,17,20)(H,19,21). The van der Waals surface area contributed by atoms with E-state index in [-0.39, 0.29) is 18.6 Å². The van der Waals surface area contributed by atoms with Crippen LogP contribution in [0.1, 0.15) is 28.9 Å². The number of aromatic nitrogens is 1. The van der Waals surface area contributed by atoms with E-state index in [4.69, 9.17) is 10.5 Å². The molecular weight excluding hydrogens is 282 g/mol. The average Bonchev–Trinajstić information content (AvgIpc) is 2.54. The summed E-state index contributed by atoms with van der Waals surface area (Å²) in [6.45, 7) is 1.67. The molecule has 0 spiro atoms. The zero-order chi connectivity index (χ0) is 15.9. The summed E-state index contributed by atoms with van der Waals surface area (Å²) in [6.07, 6.45) is 3.35. The van der Waals surface area contributed by atoms with Crippen LogP contribution in [0.25, 0.3) is 0 Å². The van der Waals surface area contributed by atoms with Crippen molar-refractivity contribution in [1.29, 1.82) is 0 Å². The van der Waals surface area contributed by atoms with Gasteiger partial charge in [-0.15, -0.1) is 0 Å². The molecule has 1 atom stereocenters. The van der Waals surface area contributed by atoms with Crippen LogP contribution >= 0.6 is 0 Å². The van der Waals surface area contributed by atoms with E-state index in [0.717, 1.165) is 5.56 Å². The maximum absolute atomic E-state index is 12.2. The highest BCUT2D eigenvalue weighted by Crippen LogP contribution is 2.15. The van der Waals surface area contributed by atoms with Crippen molar-refractivity contribution in [1.82, 2.24) is 10.3 Å². The third-order valence-corrected chi connectivity index (χ3v) is 3.03. The maximum Gasteiger partial charge on any atom is 0.255 e. The highest BCUT2D eigenvalue weighted by atomic mass is 16.5. The van der Waals surface area contributed by atoms with Crippen LogP contribution in [0, 0.1) is 0 Å². The molecule has 1 aromatic heterocycles. The molecule has 0 radical (unpaired) electrons. The van der Waals surface area contributed by atoms with Gasteiger partial charge in [0.25, 0.3) is 11.8 Å². The Balaban J connectivity index is 2.03. The Morgan fingerprint density at radius 3 is 2.68 bits per heavy atom. The number of benzene rings is 1. The number of nitrogens with one attached hydrogen (secondary N) is 1. The first-order chi connectivity index (χ1) is 10.6. The fourth-order valence-electron chi connectivity index (χ4n) is 1.90. The lowest BCUT2D eigenvalue weighted by Crippen LogP contribution is -2.26. The molecule has 0 aliphatic carbocycles. The quantitative estimate of drug-likeness (QED) is 0.843. The first-order valence-corrected chi connectivity index (χ1v) is 6.78. The number of amides is 2. The van der Waals surface area contributed by atoms with Gasteiger partial charge in [0.15, 0.2) is 6.61 Å². The Kier molecular flexibility index (Phi) is 5.08. The van der Waals surface area contributed by atoms with Crippen molar-refractivity contribution in [3.8, 4) is 5.75 Å². The lowest BCUT2D eigenvalue weighted by atomic mass is 10.1. The van der Waals surface area contributed by atoms with Crippen molar-refractivity contribution in [2.24, 2.45) is 5.73 Å². The van der Waals surface area contributed by atoms with Gasteiger partial charge in [0, 0.05) is 18.0 Å². The average molecular weight is 299 g/mol. The monoisotopic (exact) mass is 299 g/mol. The normalized spacial score (nSPS) is 11.5. The number of nitrogens with zero attached hydrogens (tertiary/aromatic N) is 1. The molecule has 2 aromatic rings. The van der Waals surface area contributed by atoms with Gasteiger partial charge >= 0.3 is 0 Å². The van der Waals surface area contributed by atoms with E-state index in [0.29, 0.717) is 11.3 Å². The molecule has 0 saturated carbocycles. The van der Waals surface area contributed by atoms with E-state index >= 15 is 0 Å². The van der Waals surface area contributed by atoms with Gasteiger partial charge in [0.2, 0.25) is 0 Å². The molecule has 6 heteroatoms. The van der Waals surface area contributed by atoms with E-state index in [1.54, 1.807) is 36.7 Å². The largest absolute Gasteiger partial charge is 0.484 e. The smallest absolute Gasteiger partial charge is 0.255 e. The molecule has 6 nitrogen and oxygen atoms in total. The fourth-order valence-corrected chi connectivity index (χ4v) is 1.90. The summed E-state index contributed by atoms with van der Waals surface area (Å²) in [5.41, 5.74) is 6.43. The molecule has 0 fully saturated rings. The number of primary amides is 1. The molecule has 1 unspecified atom stereocenters. The zero-order valence-corrected chi connectivity index (χ0v) is 12.2. The predicted molar refractivity (Wildman–Crippen MR) is 81.2 cm³/mol. The summed E-state index contributed by atoms with van der Waals surface area (Å²) < 4.78 is 5.19. The summed E-state index contributed by atoms with van der Waals surface area (Å²) >= 11 is 0. The molecule has 0 aliphatic rings. The molecule has 1 aromatic carbocycles. The number of hydrogen-bond donors (Lipinski definition) is 2. The number of rotatable bonds is 6. The lowest BCUT2D eigenvalue weighted by molar-refractivity contribution is -0.119. The van der Waals surface area contributed by atoms with E-state index in [1.807, 2.05) is 19.1 Å². The molecule has 22 heavy (non-hydrogen) atoms. The van der Waals surface area contributed by atoms with E-state index in [9.17, 15) is 9.59 Å². The van der Waals surface area contributed by atoms with Crippen molar-refractivity contribution in [2.45, 2.75) is 13.0 Å². The summed E-state index contributed by atoms with van der Waals surface area (Å²) in [5.74, 6) is -0.377. The first kappa shape index (κ1) is 15.5. The molecular formula is C16H17N3O3. The van der Waals surface area contributed by atoms with E-state index in [1.165, 1.54) is 0 Å². The number of pyridine rings is 1. The number of nitrogens with two attached hydrogens (primary N) is 1. The van der Waals surface area contributed by atoms with Gasteiger partial charge in [-0.25, -0.2) is 0 Å². The highest BCUT2D eigenvalue weighted by molar-refractivity contribution is 5.94. The molecule has 3 N–H and O–H groups in total. The Bertz CT molecular complexity index is 659. The molecule has 2 amide bonds. The second kappa shape index (κ2) is 7.21. The van der Waals surface area contributed by atoms with Crippen LogP contribution in [0.2, 0.25) is 0 Å². The fraction of sp³-hybridized carbons (Fsp3) is 0.188. The molecule has 0 aliphatic heterocycles. The van der Waals surface area contributed by atoms with Crippen LogP contribution in [-0.4, -0.2) is 23.4 Å². The van der Waals surface area contributed by atoms with Gasteiger partial charge in [0.1, 0.15) is 5.75 Å². The maximum atomic E-state index is 12.2. The third-order valence-electron chi connectivity index (χ3n) is 3.03. The van der Waals surface area contributed by atoms with Gasteiger partial charge in [-0.2, -0.15) is 0 Å². The van der Waals surface area contributed by atoms with Crippen LogP contribution in [0.15, 0.2) is 48.8 Å². The van der Waals surface area contributed by atoms with E-state index in [2.05, 4.69) is 10.3 Å². The van der Waals surface area contributed by atoms with Gasteiger partial charge in [-0.05, 0) is 42.8 Å². The summed E-state index contributed by atoms with van der Waals surface area (Å²) in [7, 11) is 0. The molecule has 2 rings (SSSR count). The number of carbonyl (C=O) groups is 2. The van der Waals surface area contributed by atoms with Crippen molar-refractivity contribution < 1.29 is 14.3 Å². The minimum absolute atomic E-state index is 0.148. The second-order valence-electron chi connectivity index (χ2n) is 4.76. The Labute approximate surface area is 128 Å². The molecule has 0 saturated heterocycles. The van der Waals surface area contributed by atoms with Gasteiger partial charge in [-0.1, -0.05) is 6.07 Å². The number of hydrogen-bond acceptors (Lipinski definition) is 4. The summed E-state index contributed by atoms with van der Waals surface area (Å²) in [5, 5.41) is 2.89. The van der Waals surface area contributed by atoms with Gasteiger partial charge in [0.05, 0.1) is 6.04 Å². The van der Waals surface area contributed by atoms with E-state index < -0.39 is 5.91 Å². The van der Waals surface area contributed by atoms with Crippen molar-refractivity contribution >= 4 is 11.8 Å². The van der Waals surface area contributed by atoms with Crippen LogP contribution in [0.4, 0.5) is 0 Å². The van der Waals surface area contributed by atoms with Crippen molar-refractivity contribution in [3.05, 3.63) is 59.9 Å². The number of carbonyl (C=O) groups excluding carboxylic acids is 2. The van der Waals surface area contributed by atoms with Crippen LogP contribution in [0.3, 0.4) is 0 Å². The Hall–Kier alpha value is -2.89. The topological polar surface area (TPSA) is 94.3 Å². The van der Waals surface area contributed by atoms with Crippen molar-refractivity contribution in [3.63, 3.8) is 0 Å². The minimum atomic E-state index is -0.568. The summed E-state index contributed by atoms with van der Waals surface area (Å²) in [6, 6.07) is 10.1. The number of ether oxygens (including phenoxy) is 1. The SMILES string of the molecule is CC(NC(=O)c1cccc(OCC(N)=O)c1)c1ccncc1. The van der Waals surface area contributed by atoms with Gasteiger partial charge in [-0.3, -0.25) is 14.6 Å². The van der Waals surface area contributed by atoms with Crippen LogP contribution < -0.4 is 15.8 Å². The van der Waals surface area contributed by atoms with Crippen LogP contribution in [-0.2, 0) is 4.79 Å². The molecule has 0 bridgehead atoms. The predicted octanol–water partition coefficient (Wildman–Crippen LogP) is 1.44.